The van der Waals surface area contributed by atoms with Crippen LogP contribution in [0.3, 0.4) is 0 Å². The lowest BCUT2D eigenvalue weighted by Gasteiger charge is -2.11. The third-order valence-electron chi connectivity index (χ3n) is 2.71. The van der Waals surface area contributed by atoms with Crippen LogP contribution in [0.25, 0.3) is 0 Å². The highest BCUT2D eigenvalue weighted by Gasteiger charge is 2.11. The summed E-state index contributed by atoms with van der Waals surface area (Å²) < 4.78 is 44.1. The minimum atomic E-state index is -1.49. The van der Waals surface area contributed by atoms with Crippen molar-refractivity contribution in [3.05, 3.63) is 58.4 Å². The van der Waals surface area contributed by atoms with E-state index in [1.165, 1.54) is 7.11 Å². The van der Waals surface area contributed by atoms with Gasteiger partial charge in [0.15, 0.2) is 17.5 Å². The molecule has 0 saturated carbocycles. The molecule has 106 valence electrons. The molecule has 0 heterocycles. The summed E-state index contributed by atoms with van der Waals surface area (Å²) in [6.45, 7) is 0.230. The quantitative estimate of drug-likeness (QED) is 0.846. The Kier molecular flexibility index (Phi) is 4.39. The van der Waals surface area contributed by atoms with Crippen molar-refractivity contribution >= 4 is 17.3 Å². The van der Waals surface area contributed by atoms with Crippen molar-refractivity contribution in [1.82, 2.24) is 0 Å². The maximum Gasteiger partial charge on any atom is 0.194 e. The molecule has 0 spiro atoms. The Bertz CT molecular complexity index is 611. The first kappa shape index (κ1) is 14.5. The summed E-state index contributed by atoms with van der Waals surface area (Å²) in [4.78, 5) is 0. The molecule has 0 aliphatic heterocycles. The minimum absolute atomic E-state index is 0.128. The lowest BCUT2D eigenvalue weighted by atomic mass is 10.2. The number of nitrogens with one attached hydrogen (secondary N) is 1. The smallest absolute Gasteiger partial charge is 0.194 e. The van der Waals surface area contributed by atoms with Crippen LogP contribution < -0.4 is 10.1 Å². The SMILES string of the molecule is COc1ccc(Cl)cc1CNc1cc(F)c(F)c(F)c1. The van der Waals surface area contributed by atoms with Gasteiger partial charge >= 0.3 is 0 Å². The summed E-state index contributed by atoms with van der Waals surface area (Å²) >= 11 is 5.87. The first-order chi connectivity index (χ1) is 9.51. The normalized spacial score (nSPS) is 10.4. The summed E-state index contributed by atoms with van der Waals surface area (Å²) in [5, 5.41) is 3.30. The zero-order valence-electron chi connectivity index (χ0n) is 10.5. The minimum Gasteiger partial charge on any atom is -0.496 e. The second kappa shape index (κ2) is 6.05. The zero-order chi connectivity index (χ0) is 14.7. The molecule has 0 atom stereocenters. The molecule has 0 radical (unpaired) electrons. The standard InChI is InChI=1S/C14H11ClF3NO/c1-20-13-3-2-9(15)4-8(13)7-19-10-5-11(16)14(18)12(17)6-10/h2-6,19H,7H2,1H3. The van der Waals surface area contributed by atoms with Crippen LogP contribution in [0.5, 0.6) is 5.75 Å². The van der Waals surface area contributed by atoms with Gasteiger partial charge in [0.25, 0.3) is 0 Å². The first-order valence-corrected chi connectivity index (χ1v) is 6.10. The van der Waals surface area contributed by atoms with Gasteiger partial charge in [-0.1, -0.05) is 11.6 Å². The van der Waals surface area contributed by atoms with Gasteiger partial charge in [-0.05, 0) is 18.2 Å². The highest BCUT2D eigenvalue weighted by atomic mass is 35.5. The van der Waals surface area contributed by atoms with Gasteiger partial charge in [0.1, 0.15) is 5.75 Å². The van der Waals surface area contributed by atoms with Gasteiger partial charge < -0.3 is 10.1 Å². The third kappa shape index (κ3) is 3.17. The fraction of sp³-hybridized carbons (Fsp3) is 0.143. The molecule has 20 heavy (non-hydrogen) atoms. The number of hydrogen-bond donors (Lipinski definition) is 1. The molecule has 0 amide bonds. The van der Waals surface area contributed by atoms with Gasteiger partial charge in [0, 0.05) is 35.0 Å². The number of halogens is 4. The molecule has 0 aliphatic rings. The summed E-state index contributed by atoms with van der Waals surface area (Å²) in [5.74, 6) is -3.39. The molecule has 0 saturated heterocycles. The van der Waals surface area contributed by atoms with Crippen LogP contribution in [0.15, 0.2) is 30.3 Å². The van der Waals surface area contributed by atoms with Crippen molar-refractivity contribution in [3.63, 3.8) is 0 Å². The second-order valence-corrected chi connectivity index (χ2v) is 4.50. The van der Waals surface area contributed by atoms with E-state index in [9.17, 15) is 13.2 Å². The Balaban J connectivity index is 2.18. The van der Waals surface area contributed by atoms with E-state index in [4.69, 9.17) is 16.3 Å². The molecule has 0 fully saturated rings. The molecule has 2 nitrogen and oxygen atoms in total. The number of anilines is 1. The molecule has 2 aromatic carbocycles. The summed E-state index contributed by atoms with van der Waals surface area (Å²) in [6, 6.07) is 6.79. The van der Waals surface area contributed by atoms with Crippen molar-refractivity contribution in [2.75, 3.05) is 12.4 Å². The van der Waals surface area contributed by atoms with Crippen LogP contribution in [-0.4, -0.2) is 7.11 Å². The Morgan fingerprint density at radius 2 is 1.75 bits per heavy atom. The third-order valence-corrected chi connectivity index (χ3v) is 2.94. The predicted octanol–water partition coefficient (Wildman–Crippen LogP) is 4.38. The van der Waals surface area contributed by atoms with E-state index >= 15 is 0 Å². The van der Waals surface area contributed by atoms with E-state index in [1.54, 1.807) is 18.2 Å². The Morgan fingerprint density at radius 1 is 1.10 bits per heavy atom. The van der Waals surface area contributed by atoms with Gasteiger partial charge in [-0.3, -0.25) is 0 Å². The Morgan fingerprint density at radius 3 is 2.35 bits per heavy atom. The number of ether oxygens (including phenoxy) is 1. The highest BCUT2D eigenvalue weighted by molar-refractivity contribution is 6.30. The van der Waals surface area contributed by atoms with Gasteiger partial charge in [0.05, 0.1) is 7.11 Å². The molecule has 1 N–H and O–H groups in total. The molecular weight excluding hydrogens is 291 g/mol. The summed E-state index contributed by atoms with van der Waals surface area (Å²) in [7, 11) is 1.50. The van der Waals surface area contributed by atoms with Gasteiger partial charge in [0.2, 0.25) is 0 Å². The summed E-state index contributed by atoms with van der Waals surface area (Å²) in [6.07, 6.45) is 0. The monoisotopic (exact) mass is 301 g/mol. The Labute approximate surface area is 119 Å². The van der Waals surface area contributed by atoms with Crippen LogP contribution in [0.1, 0.15) is 5.56 Å². The van der Waals surface area contributed by atoms with Crippen molar-refractivity contribution in [2.24, 2.45) is 0 Å². The van der Waals surface area contributed by atoms with Crippen LogP contribution in [0, 0.1) is 17.5 Å². The van der Waals surface area contributed by atoms with Crippen LogP contribution in [-0.2, 0) is 6.54 Å². The first-order valence-electron chi connectivity index (χ1n) is 5.72. The van der Waals surface area contributed by atoms with Crippen molar-refractivity contribution < 1.29 is 17.9 Å². The van der Waals surface area contributed by atoms with Crippen molar-refractivity contribution in [1.29, 1.82) is 0 Å². The number of hydrogen-bond acceptors (Lipinski definition) is 2. The molecule has 0 aliphatic carbocycles. The van der Waals surface area contributed by atoms with Gasteiger partial charge in [-0.25, -0.2) is 13.2 Å². The lowest BCUT2D eigenvalue weighted by Crippen LogP contribution is -2.03. The fourth-order valence-electron chi connectivity index (χ4n) is 1.74. The lowest BCUT2D eigenvalue weighted by molar-refractivity contribution is 0.410. The van der Waals surface area contributed by atoms with Crippen LogP contribution in [0.2, 0.25) is 5.02 Å². The van der Waals surface area contributed by atoms with Crippen LogP contribution >= 0.6 is 11.6 Å². The molecule has 2 rings (SSSR count). The zero-order valence-corrected chi connectivity index (χ0v) is 11.3. The number of benzene rings is 2. The van der Waals surface area contributed by atoms with E-state index in [0.717, 1.165) is 12.1 Å². The van der Waals surface area contributed by atoms with Crippen LogP contribution in [0.4, 0.5) is 18.9 Å². The molecule has 6 heteroatoms. The van der Waals surface area contributed by atoms with E-state index in [2.05, 4.69) is 5.32 Å². The molecular formula is C14H11ClF3NO. The van der Waals surface area contributed by atoms with E-state index in [1.807, 2.05) is 0 Å². The average Bonchev–Trinajstić information content (AvgIpc) is 2.42. The van der Waals surface area contributed by atoms with Gasteiger partial charge in [-0.2, -0.15) is 0 Å². The molecule has 0 unspecified atom stereocenters. The van der Waals surface area contributed by atoms with Crippen molar-refractivity contribution in [3.8, 4) is 5.75 Å². The molecule has 0 aromatic heterocycles. The number of rotatable bonds is 4. The average molecular weight is 302 g/mol. The predicted molar refractivity (Wildman–Crippen MR) is 71.6 cm³/mol. The van der Waals surface area contributed by atoms with E-state index in [-0.39, 0.29) is 12.2 Å². The van der Waals surface area contributed by atoms with Gasteiger partial charge in [-0.15, -0.1) is 0 Å². The molecule has 2 aromatic rings. The van der Waals surface area contributed by atoms with E-state index in [0.29, 0.717) is 16.3 Å². The van der Waals surface area contributed by atoms with Crippen molar-refractivity contribution in [2.45, 2.75) is 6.54 Å². The van der Waals surface area contributed by atoms with E-state index < -0.39 is 17.5 Å². The summed E-state index contributed by atoms with van der Waals surface area (Å²) in [5.41, 5.74) is 0.841. The highest BCUT2D eigenvalue weighted by Crippen LogP contribution is 2.24. The topological polar surface area (TPSA) is 21.3 Å². The fourth-order valence-corrected chi connectivity index (χ4v) is 1.93. The number of methoxy groups -OCH3 is 1. The Hall–Kier alpha value is -1.88. The maximum atomic E-state index is 13.1. The maximum absolute atomic E-state index is 13.1. The second-order valence-electron chi connectivity index (χ2n) is 4.06. The largest absolute Gasteiger partial charge is 0.496 e. The molecule has 0 bridgehead atoms.